The van der Waals surface area contributed by atoms with Crippen LogP contribution >= 0.6 is 0 Å². The van der Waals surface area contributed by atoms with Crippen LogP contribution in [0.5, 0.6) is 11.5 Å². The number of halogens is 3. The predicted octanol–water partition coefficient (Wildman–Crippen LogP) is 2.78. The topological polar surface area (TPSA) is 42.0 Å². The van der Waals surface area contributed by atoms with E-state index in [2.05, 4.69) is 0 Å². The molecule has 1 aromatic carbocycles. The van der Waals surface area contributed by atoms with Crippen molar-refractivity contribution in [1.29, 1.82) is 0 Å². The molecule has 1 fully saturated rings. The van der Waals surface area contributed by atoms with Crippen LogP contribution in [0.2, 0.25) is 0 Å². The largest absolute Gasteiger partial charge is 0.501 e. The number of piperidine rings is 1. The Morgan fingerprint density at radius 3 is 2.45 bits per heavy atom. The normalized spacial score (nSPS) is 18.3. The van der Waals surface area contributed by atoms with Crippen molar-refractivity contribution >= 4 is 5.91 Å². The summed E-state index contributed by atoms with van der Waals surface area (Å²) in [4.78, 5) is 12.4. The third kappa shape index (κ3) is 2.83. The number of hydrogen-bond donors (Lipinski definition) is 0. The maximum atomic E-state index is 13.3. The summed E-state index contributed by atoms with van der Waals surface area (Å²) in [6.45, 7) is 0.438. The van der Waals surface area contributed by atoms with Crippen LogP contribution < -0.4 is 9.47 Å². The van der Waals surface area contributed by atoms with Gasteiger partial charge in [-0.3, -0.25) is 4.79 Å². The van der Waals surface area contributed by atoms with Crippen molar-refractivity contribution in [2.45, 2.75) is 25.6 Å². The Morgan fingerprint density at radius 1 is 1.09 bits per heavy atom. The van der Waals surface area contributed by atoms with Crippen molar-refractivity contribution in [3.63, 3.8) is 0 Å². The highest BCUT2D eigenvalue weighted by Crippen LogP contribution is 2.34. The fourth-order valence-corrected chi connectivity index (χ4v) is 2.63. The van der Waals surface area contributed by atoms with Crippen LogP contribution in [0.3, 0.4) is 0 Å². The van der Waals surface area contributed by atoms with E-state index in [1.54, 1.807) is 0 Å². The lowest BCUT2D eigenvalue weighted by molar-refractivity contribution is -0.289. The molecule has 0 bridgehead atoms. The van der Waals surface area contributed by atoms with E-state index in [9.17, 15) is 18.0 Å². The highest BCUT2D eigenvalue weighted by Gasteiger charge is 2.45. The van der Waals surface area contributed by atoms with Crippen LogP contribution in [0.25, 0.3) is 0 Å². The van der Waals surface area contributed by atoms with Crippen molar-refractivity contribution in [1.82, 2.24) is 10.0 Å². The maximum absolute atomic E-state index is 13.3. The lowest BCUT2D eigenvalue weighted by Gasteiger charge is -2.37. The Bertz CT molecular complexity index is 571. The van der Waals surface area contributed by atoms with E-state index in [4.69, 9.17) is 9.47 Å². The first-order valence-electron chi connectivity index (χ1n) is 7.02. The zero-order valence-electron chi connectivity index (χ0n) is 11.7. The van der Waals surface area contributed by atoms with E-state index in [-0.39, 0.29) is 36.2 Å². The summed E-state index contributed by atoms with van der Waals surface area (Å²) in [7, 11) is 0. The molecule has 2 aliphatic heterocycles. The minimum atomic E-state index is -4.76. The van der Waals surface area contributed by atoms with E-state index < -0.39 is 12.2 Å². The van der Waals surface area contributed by atoms with Crippen LogP contribution in [0.4, 0.5) is 13.2 Å². The lowest BCUT2D eigenvalue weighted by atomic mass is 10.1. The molecule has 2 heterocycles. The third-order valence-electron chi connectivity index (χ3n) is 3.67. The van der Waals surface area contributed by atoms with Crippen LogP contribution in [0.15, 0.2) is 18.2 Å². The Labute approximate surface area is 125 Å². The highest BCUT2D eigenvalue weighted by molar-refractivity contribution is 5.94. The fourth-order valence-electron chi connectivity index (χ4n) is 2.63. The third-order valence-corrected chi connectivity index (χ3v) is 3.67. The van der Waals surface area contributed by atoms with Gasteiger partial charge in [0.15, 0.2) is 11.5 Å². The SMILES string of the molecule is O=C(c1ccc2c(c1)OCO2)N(N1CCCCC1)C(F)(F)F. The number of ether oxygens (including phenoxy) is 2. The van der Waals surface area contributed by atoms with Gasteiger partial charge in [-0.25, -0.2) is 5.01 Å². The molecule has 0 aliphatic carbocycles. The van der Waals surface area contributed by atoms with Gasteiger partial charge in [-0.2, -0.15) is 5.01 Å². The summed E-state index contributed by atoms with van der Waals surface area (Å²) in [6, 6.07) is 4.05. The van der Waals surface area contributed by atoms with Crippen LogP contribution in [-0.2, 0) is 0 Å². The number of carbonyl (C=O) groups is 1. The summed E-state index contributed by atoms with van der Waals surface area (Å²) < 4.78 is 50.2. The van der Waals surface area contributed by atoms with Gasteiger partial charge in [-0.05, 0) is 31.0 Å². The van der Waals surface area contributed by atoms with E-state index in [1.165, 1.54) is 18.2 Å². The van der Waals surface area contributed by atoms with Gasteiger partial charge in [0.25, 0.3) is 5.91 Å². The molecule has 0 spiro atoms. The molecule has 5 nitrogen and oxygen atoms in total. The Balaban J connectivity index is 1.88. The minimum Gasteiger partial charge on any atom is -0.454 e. The second kappa shape index (κ2) is 5.68. The van der Waals surface area contributed by atoms with Crippen LogP contribution in [0.1, 0.15) is 29.6 Å². The second-order valence-corrected chi connectivity index (χ2v) is 5.17. The molecule has 0 radical (unpaired) electrons. The molecule has 120 valence electrons. The van der Waals surface area contributed by atoms with Crippen molar-refractivity contribution in [2.75, 3.05) is 19.9 Å². The number of fused-ring (bicyclic) bond motifs is 1. The molecule has 1 aromatic rings. The second-order valence-electron chi connectivity index (χ2n) is 5.17. The molecule has 0 atom stereocenters. The number of hydrazine groups is 1. The average molecular weight is 316 g/mol. The Hall–Kier alpha value is -1.96. The van der Waals surface area contributed by atoms with Gasteiger partial charge in [0, 0.05) is 18.7 Å². The first-order chi connectivity index (χ1) is 10.5. The van der Waals surface area contributed by atoms with Crippen molar-refractivity contribution < 1.29 is 27.4 Å². The van der Waals surface area contributed by atoms with Gasteiger partial charge < -0.3 is 9.47 Å². The first-order valence-corrected chi connectivity index (χ1v) is 7.02. The molecule has 0 N–H and O–H groups in total. The standard InChI is InChI=1S/C14H15F3N2O3/c15-14(16,17)19(18-6-2-1-3-7-18)13(20)10-4-5-11-12(8-10)22-9-21-11/h4-5,8H,1-3,6-7,9H2. The molecule has 0 aromatic heterocycles. The van der Waals surface area contributed by atoms with E-state index in [0.29, 0.717) is 18.6 Å². The average Bonchev–Trinajstić information content (AvgIpc) is 2.94. The monoisotopic (exact) mass is 316 g/mol. The van der Waals surface area contributed by atoms with Crippen molar-refractivity contribution in [3.05, 3.63) is 23.8 Å². The lowest BCUT2D eigenvalue weighted by Crippen LogP contribution is -2.55. The summed E-state index contributed by atoms with van der Waals surface area (Å²) in [5, 5.41) is 0.972. The molecular formula is C14H15F3N2O3. The summed E-state index contributed by atoms with van der Waals surface area (Å²) in [6.07, 6.45) is -2.60. The molecule has 0 unspecified atom stereocenters. The van der Waals surface area contributed by atoms with Gasteiger partial charge in [0.1, 0.15) is 0 Å². The molecule has 2 aliphatic rings. The predicted molar refractivity (Wildman–Crippen MR) is 70.2 cm³/mol. The van der Waals surface area contributed by atoms with Gasteiger partial charge in [-0.15, -0.1) is 13.2 Å². The summed E-state index contributed by atoms with van der Waals surface area (Å²) in [5.74, 6) is -0.396. The number of rotatable bonds is 2. The number of nitrogens with zero attached hydrogens (tertiary/aromatic N) is 2. The highest BCUT2D eigenvalue weighted by atomic mass is 19.4. The van der Waals surface area contributed by atoms with Gasteiger partial charge in [0.2, 0.25) is 6.79 Å². The molecule has 22 heavy (non-hydrogen) atoms. The van der Waals surface area contributed by atoms with Gasteiger partial charge in [0.05, 0.1) is 0 Å². The number of alkyl halides is 3. The van der Waals surface area contributed by atoms with E-state index in [1.807, 2.05) is 0 Å². The molecule has 1 amide bonds. The molecule has 3 rings (SSSR count). The number of benzene rings is 1. The molecule has 0 saturated carbocycles. The van der Waals surface area contributed by atoms with Crippen LogP contribution in [0, 0.1) is 0 Å². The van der Waals surface area contributed by atoms with E-state index in [0.717, 1.165) is 11.4 Å². The molecular weight excluding hydrogens is 301 g/mol. The minimum absolute atomic E-state index is 0.00207. The molecule has 8 heteroatoms. The summed E-state index contributed by atoms with van der Waals surface area (Å²) >= 11 is 0. The molecule has 1 saturated heterocycles. The first kappa shape index (κ1) is 15.0. The zero-order chi connectivity index (χ0) is 15.7. The Kier molecular flexibility index (Phi) is 3.86. The summed E-state index contributed by atoms with van der Waals surface area (Å²) in [5.41, 5.74) is -0.0767. The van der Waals surface area contributed by atoms with Crippen molar-refractivity contribution in [2.24, 2.45) is 0 Å². The van der Waals surface area contributed by atoms with E-state index >= 15 is 0 Å². The van der Waals surface area contributed by atoms with Crippen LogP contribution in [-0.4, -0.2) is 42.1 Å². The maximum Gasteiger partial charge on any atom is 0.501 e. The quantitative estimate of drug-likeness (QED) is 0.787. The zero-order valence-corrected chi connectivity index (χ0v) is 11.7. The number of carbonyl (C=O) groups excluding carboxylic acids is 1. The number of amides is 1. The van der Waals surface area contributed by atoms with Gasteiger partial charge >= 0.3 is 6.30 Å². The van der Waals surface area contributed by atoms with Crippen molar-refractivity contribution in [3.8, 4) is 11.5 Å². The fraction of sp³-hybridized carbons (Fsp3) is 0.500. The van der Waals surface area contributed by atoms with Gasteiger partial charge in [-0.1, -0.05) is 6.42 Å². The smallest absolute Gasteiger partial charge is 0.454 e. The Morgan fingerprint density at radius 2 is 1.77 bits per heavy atom. The number of hydrogen-bond acceptors (Lipinski definition) is 4.